The predicted molar refractivity (Wildman–Crippen MR) is 52.6 cm³/mol. The van der Waals surface area contributed by atoms with E-state index in [2.05, 4.69) is 11.4 Å². The number of hydrogen-bond acceptors (Lipinski definition) is 2. The fourth-order valence-corrected chi connectivity index (χ4v) is 2.14. The van der Waals surface area contributed by atoms with Gasteiger partial charge in [-0.2, -0.15) is 0 Å². The zero-order valence-corrected chi connectivity index (χ0v) is 7.80. The Kier molecular flexibility index (Phi) is 1.54. The molecule has 0 aromatic heterocycles. The fourth-order valence-electron chi connectivity index (χ4n) is 2.14. The number of aryl methyl sites for hydroxylation is 1. The maximum atomic E-state index is 11.2. The number of nitrogens with one attached hydrogen (secondary N) is 1. The van der Waals surface area contributed by atoms with Crippen molar-refractivity contribution in [2.24, 2.45) is 0 Å². The molecule has 0 spiro atoms. The summed E-state index contributed by atoms with van der Waals surface area (Å²) in [5.41, 5.74) is 3.22. The molecule has 0 saturated carbocycles. The van der Waals surface area contributed by atoms with Crippen LogP contribution in [0.4, 0.5) is 5.69 Å². The van der Waals surface area contributed by atoms with E-state index in [9.17, 15) is 4.79 Å². The van der Waals surface area contributed by atoms with Crippen LogP contribution in [0.25, 0.3) is 0 Å². The molecule has 72 valence electrons. The molecular weight excluding hydrogens is 178 g/mol. The fraction of sp³-hybridized carbons (Fsp3) is 0.364. The van der Waals surface area contributed by atoms with Crippen molar-refractivity contribution in [2.45, 2.75) is 19.3 Å². The second kappa shape index (κ2) is 2.74. The molecule has 0 radical (unpaired) electrons. The molecule has 0 fully saturated rings. The zero-order valence-electron chi connectivity index (χ0n) is 7.80. The minimum absolute atomic E-state index is 0.0718. The van der Waals surface area contributed by atoms with E-state index in [1.165, 1.54) is 5.56 Å². The lowest BCUT2D eigenvalue weighted by molar-refractivity contribution is -0.115. The Bertz CT molecular complexity index is 412. The predicted octanol–water partition coefficient (Wildman–Crippen LogP) is 1.51. The number of ether oxygens (including phenoxy) is 1. The summed E-state index contributed by atoms with van der Waals surface area (Å²) in [4.78, 5) is 11.2. The number of amides is 1. The first-order valence-electron chi connectivity index (χ1n) is 4.92. The van der Waals surface area contributed by atoms with Crippen LogP contribution in [0, 0.1) is 0 Å². The smallest absolute Gasteiger partial charge is 0.229 e. The van der Waals surface area contributed by atoms with Gasteiger partial charge in [0.05, 0.1) is 13.0 Å². The molecule has 3 heteroatoms. The van der Waals surface area contributed by atoms with Crippen molar-refractivity contribution in [3.8, 4) is 5.75 Å². The Balaban J connectivity index is 2.16. The number of benzene rings is 1. The van der Waals surface area contributed by atoms with Gasteiger partial charge >= 0.3 is 0 Å². The Hall–Kier alpha value is -1.51. The Morgan fingerprint density at radius 3 is 3.21 bits per heavy atom. The van der Waals surface area contributed by atoms with Crippen molar-refractivity contribution in [2.75, 3.05) is 11.9 Å². The van der Waals surface area contributed by atoms with Gasteiger partial charge in [0.2, 0.25) is 5.91 Å². The molecule has 1 aromatic rings. The largest absolute Gasteiger partial charge is 0.493 e. The number of hydrogen-bond donors (Lipinski definition) is 1. The van der Waals surface area contributed by atoms with Crippen LogP contribution in [0.3, 0.4) is 0 Å². The van der Waals surface area contributed by atoms with Crippen LogP contribution in [0.5, 0.6) is 5.75 Å². The Morgan fingerprint density at radius 2 is 2.29 bits per heavy atom. The molecule has 2 heterocycles. The standard InChI is InChI=1S/C11H11NO2/c13-10-6-8-9(12-10)4-3-7-2-1-5-14-11(7)8/h3-4H,1-2,5-6H2,(H,12,13). The molecular formula is C11H11NO2. The lowest BCUT2D eigenvalue weighted by Gasteiger charge is -2.19. The minimum Gasteiger partial charge on any atom is -0.493 e. The Labute approximate surface area is 82.1 Å². The summed E-state index contributed by atoms with van der Waals surface area (Å²) in [5.74, 6) is 1.02. The van der Waals surface area contributed by atoms with Gasteiger partial charge in [-0.1, -0.05) is 6.07 Å². The van der Waals surface area contributed by atoms with Gasteiger partial charge in [0, 0.05) is 11.3 Å². The van der Waals surface area contributed by atoms with Crippen LogP contribution >= 0.6 is 0 Å². The van der Waals surface area contributed by atoms with Crippen molar-refractivity contribution in [3.63, 3.8) is 0 Å². The van der Waals surface area contributed by atoms with Gasteiger partial charge in [0.15, 0.2) is 0 Å². The third-order valence-electron chi connectivity index (χ3n) is 2.79. The maximum Gasteiger partial charge on any atom is 0.229 e. The van der Waals surface area contributed by atoms with Crippen LogP contribution in [-0.4, -0.2) is 12.5 Å². The monoisotopic (exact) mass is 189 g/mol. The third-order valence-corrected chi connectivity index (χ3v) is 2.79. The van der Waals surface area contributed by atoms with E-state index in [0.717, 1.165) is 36.4 Å². The Morgan fingerprint density at radius 1 is 1.36 bits per heavy atom. The second-order valence-electron chi connectivity index (χ2n) is 3.76. The SMILES string of the molecule is O=C1Cc2c(ccc3c2OCCC3)N1. The molecule has 3 rings (SSSR count). The van der Waals surface area contributed by atoms with E-state index >= 15 is 0 Å². The van der Waals surface area contributed by atoms with E-state index in [-0.39, 0.29) is 5.91 Å². The number of fused-ring (bicyclic) bond motifs is 3. The number of rotatable bonds is 0. The van der Waals surface area contributed by atoms with Crippen LogP contribution in [0.15, 0.2) is 12.1 Å². The van der Waals surface area contributed by atoms with Gasteiger partial charge in [-0.15, -0.1) is 0 Å². The van der Waals surface area contributed by atoms with Crippen LogP contribution in [-0.2, 0) is 17.6 Å². The van der Waals surface area contributed by atoms with Gasteiger partial charge in [0.1, 0.15) is 5.75 Å². The van der Waals surface area contributed by atoms with E-state index in [1.807, 2.05) is 6.07 Å². The summed E-state index contributed by atoms with van der Waals surface area (Å²) < 4.78 is 5.62. The summed E-state index contributed by atoms with van der Waals surface area (Å²) in [7, 11) is 0. The molecule has 0 unspecified atom stereocenters. The van der Waals surface area contributed by atoms with Crippen LogP contribution in [0.2, 0.25) is 0 Å². The quantitative estimate of drug-likeness (QED) is 0.671. The lowest BCUT2D eigenvalue weighted by Crippen LogP contribution is -2.10. The summed E-state index contributed by atoms with van der Waals surface area (Å²) >= 11 is 0. The summed E-state index contributed by atoms with van der Waals surface area (Å²) in [5, 5.41) is 2.83. The third kappa shape index (κ3) is 1.02. The molecule has 3 nitrogen and oxygen atoms in total. The van der Waals surface area contributed by atoms with Gasteiger partial charge in [-0.05, 0) is 24.5 Å². The van der Waals surface area contributed by atoms with Crippen molar-refractivity contribution in [1.82, 2.24) is 0 Å². The highest BCUT2D eigenvalue weighted by Crippen LogP contribution is 2.37. The maximum absolute atomic E-state index is 11.2. The molecule has 1 aromatic carbocycles. The molecule has 2 aliphatic heterocycles. The van der Waals surface area contributed by atoms with Gasteiger partial charge in [-0.3, -0.25) is 4.79 Å². The zero-order chi connectivity index (χ0) is 9.54. The molecule has 1 N–H and O–H groups in total. The van der Waals surface area contributed by atoms with Gasteiger partial charge < -0.3 is 10.1 Å². The highest BCUT2D eigenvalue weighted by molar-refractivity contribution is 6.00. The first kappa shape index (κ1) is 7.85. The summed E-state index contributed by atoms with van der Waals surface area (Å²) in [6, 6.07) is 4.03. The summed E-state index contributed by atoms with van der Waals surface area (Å²) in [6.07, 6.45) is 2.61. The second-order valence-corrected chi connectivity index (χ2v) is 3.76. The highest BCUT2D eigenvalue weighted by Gasteiger charge is 2.25. The van der Waals surface area contributed by atoms with Crippen molar-refractivity contribution >= 4 is 11.6 Å². The molecule has 1 amide bonds. The molecule has 0 aliphatic carbocycles. The van der Waals surface area contributed by atoms with Gasteiger partial charge in [0.25, 0.3) is 0 Å². The molecule has 0 saturated heterocycles. The lowest BCUT2D eigenvalue weighted by atomic mass is 10.0. The van der Waals surface area contributed by atoms with Crippen molar-refractivity contribution in [3.05, 3.63) is 23.3 Å². The van der Waals surface area contributed by atoms with E-state index in [4.69, 9.17) is 4.74 Å². The minimum atomic E-state index is 0.0718. The van der Waals surface area contributed by atoms with Crippen LogP contribution < -0.4 is 10.1 Å². The highest BCUT2D eigenvalue weighted by atomic mass is 16.5. The molecule has 14 heavy (non-hydrogen) atoms. The number of carbonyl (C=O) groups excluding carboxylic acids is 1. The first-order valence-corrected chi connectivity index (χ1v) is 4.92. The van der Waals surface area contributed by atoms with E-state index in [0.29, 0.717) is 6.42 Å². The molecule has 0 atom stereocenters. The number of carbonyl (C=O) groups is 1. The van der Waals surface area contributed by atoms with E-state index in [1.54, 1.807) is 0 Å². The normalized spacial score (nSPS) is 18.1. The first-order chi connectivity index (χ1) is 6.84. The average Bonchev–Trinajstić information content (AvgIpc) is 2.59. The van der Waals surface area contributed by atoms with E-state index < -0.39 is 0 Å². The summed E-state index contributed by atoms with van der Waals surface area (Å²) in [6.45, 7) is 0.775. The van der Waals surface area contributed by atoms with Crippen molar-refractivity contribution in [1.29, 1.82) is 0 Å². The van der Waals surface area contributed by atoms with Crippen molar-refractivity contribution < 1.29 is 9.53 Å². The van der Waals surface area contributed by atoms with Crippen LogP contribution in [0.1, 0.15) is 17.5 Å². The number of anilines is 1. The topological polar surface area (TPSA) is 38.3 Å². The average molecular weight is 189 g/mol. The molecule has 0 bridgehead atoms. The molecule has 2 aliphatic rings. The van der Waals surface area contributed by atoms with Gasteiger partial charge in [-0.25, -0.2) is 0 Å².